The lowest BCUT2D eigenvalue weighted by atomic mass is 9.48. The normalized spacial score (nSPS) is 38.0. The average Bonchev–Trinajstić information content (AvgIpc) is 3.35. The third-order valence-corrected chi connectivity index (χ3v) is 7.92. The van der Waals surface area contributed by atoms with Crippen molar-refractivity contribution in [3.63, 3.8) is 0 Å². The molecule has 1 aromatic rings. The number of carbonyl (C=O) groups excluding carboxylic acids is 2. The van der Waals surface area contributed by atoms with Crippen molar-refractivity contribution in [3.05, 3.63) is 29.8 Å². The molecule has 0 saturated heterocycles. The highest BCUT2D eigenvalue weighted by Crippen LogP contribution is 2.70. The van der Waals surface area contributed by atoms with Gasteiger partial charge in [0, 0.05) is 18.3 Å². The molecule has 5 aliphatic carbocycles. The second-order valence-corrected chi connectivity index (χ2v) is 9.77. The molecular formula is C24H24N2O3. The molecule has 5 nitrogen and oxygen atoms in total. The summed E-state index contributed by atoms with van der Waals surface area (Å²) in [6, 6.07) is 11.3. The van der Waals surface area contributed by atoms with E-state index in [0.717, 1.165) is 24.8 Å². The van der Waals surface area contributed by atoms with Gasteiger partial charge in [0.1, 0.15) is 11.5 Å². The Morgan fingerprint density at radius 3 is 1.93 bits per heavy atom. The first-order valence-corrected chi connectivity index (χ1v) is 10.6. The van der Waals surface area contributed by atoms with Gasteiger partial charge < -0.3 is 4.74 Å². The minimum Gasteiger partial charge on any atom is -0.427 e. The molecule has 5 fully saturated rings. The zero-order chi connectivity index (χ0) is 20.4. The Labute approximate surface area is 170 Å². The van der Waals surface area contributed by atoms with Crippen LogP contribution in [0.1, 0.15) is 56.9 Å². The summed E-state index contributed by atoms with van der Waals surface area (Å²) < 4.78 is 5.08. The molecule has 5 saturated carbocycles. The Hall–Kier alpha value is -2.66. The van der Waals surface area contributed by atoms with Crippen molar-refractivity contribution in [3.8, 4) is 17.9 Å². The van der Waals surface area contributed by atoms with E-state index < -0.39 is 23.2 Å². The summed E-state index contributed by atoms with van der Waals surface area (Å²) in [7, 11) is 0. The van der Waals surface area contributed by atoms with Crippen molar-refractivity contribution >= 4 is 11.8 Å². The van der Waals surface area contributed by atoms with Gasteiger partial charge in [0.05, 0.1) is 18.1 Å². The van der Waals surface area contributed by atoms with E-state index in [1.165, 1.54) is 26.2 Å². The molecule has 1 unspecified atom stereocenters. The molecule has 0 aromatic heterocycles. The monoisotopic (exact) mass is 388 g/mol. The third kappa shape index (κ3) is 2.64. The van der Waals surface area contributed by atoms with Crippen LogP contribution in [0.25, 0.3) is 0 Å². The Balaban J connectivity index is 1.45. The Kier molecular flexibility index (Phi) is 3.91. The van der Waals surface area contributed by atoms with Crippen molar-refractivity contribution in [2.24, 2.45) is 34.5 Å². The number of nitriles is 2. The summed E-state index contributed by atoms with van der Waals surface area (Å²) in [6.07, 6.45) is 6.58. The zero-order valence-corrected chi connectivity index (χ0v) is 16.6. The summed E-state index contributed by atoms with van der Waals surface area (Å²) in [5.41, 5.74) is -0.791. The fourth-order valence-electron chi connectivity index (χ4n) is 7.16. The van der Waals surface area contributed by atoms with E-state index >= 15 is 0 Å². The first-order valence-electron chi connectivity index (χ1n) is 10.6. The van der Waals surface area contributed by atoms with Gasteiger partial charge in [-0.2, -0.15) is 10.5 Å². The maximum Gasteiger partial charge on any atom is 0.308 e. The average molecular weight is 388 g/mol. The molecule has 0 N–H and O–H groups in total. The van der Waals surface area contributed by atoms with Crippen LogP contribution in [-0.4, -0.2) is 11.8 Å². The molecule has 0 heterocycles. The maximum atomic E-state index is 13.8. The number of rotatable bonds is 4. The minimum absolute atomic E-state index is 0.161. The first kappa shape index (κ1) is 18.4. The van der Waals surface area contributed by atoms with Crippen molar-refractivity contribution in [1.29, 1.82) is 10.5 Å². The number of carbonyl (C=O) groups is 2. The molecule has 0 radical (unpaired) electrons. The van der Waals surface area contributed by atoms with Crippen molar-refractivity contribution in [2.75, 3.05) is 0 Å². The predicted molar refractivity (Wildman–Crippen MR) is 103 cm³/mol. The van der Waals surface area contributed by atoms with Gasteiger partial charge in [-0.05, 0) is 74.0 Å². The summed E-state index contributed by atoms with van der Waals surface area (Å²) in [5, 5.41) is 19.7. The van der Waals surface area contributed by atoms with E-state index in [9.17, 15) is 20.1 Å². The van der Waals surface area contributed by atoms with E-state index in [0.29, 0.717) is 23.5 Å². The van der Waals surface area contributed by atoms with Crippen LogP contribution in [0.5, 0.6) is 5.75 Å². The molecule has 5 heteroatoms. The van der Waals surface area contributed by atoms with E-state index in [4.69, 9.17) is 4.74 Å². The van der Waals surface area contributed by atoms with Crippen molar-refractivity contribution in [2.45, 2.75) is 51.4 Å². The van der Waals surface area contributed by atoms with Gasteiger partial charge >= 0.3 is 5.97 Å². The van der Waals surface area contributed by atoms with E-state index in [2.05, 4.69) is 12.1 Å². The summed E-state index contributed by atoms with van der Waals surface area (Å²) >= 11 is 0. The fraction of sp³-hybridized carbons (Fsp3) is 0.583. The number of hydrogen-bond donors (Lipinski definition) is 0. The van der Waals surface area contributed by atoms with Gasteiger partial charge in [0.25, 0.3) is 0 Å². The zero-order valence-electron chi connectivity index (χ0n) is 16.6. The van der Waals surface area contributed by atoms with Crippen LogP contribution in [0, 0.1) is 57.2 Å². The number of nitrogens with zero attached hydrogens (tertiary/aromatic N) is 2. The highest BCUT2D eigenvalue weighted by molar-refractivity contribution is 5.94. The number of benzene rings is 1. The SMILES string of the molecule is CC(=O)Oc1ccc(C2[C@@H](C(=O)C34CC5CC(CC(C5)C3)C4)C2(C#N)C#N)cc1. The van der Waals surface area contributed by atoms with Crippen LogP contribution >= 0.6 is 0 Å². The largest absolute Gasteiger partial charge is 0.427 e. The Bertz CT molecular complexity index is 916. The molecule has 4 bridgehead atoms. The van der Waals surface area contributed by atoms with Gasteiger partial charge in [0.15, 0.2) is 5.41 Å². The van der Waals surface area contributed by atoms with Crippen LogP contribution in [0.2, 0.25) is 0 Å². The smallest absolute Gasteiger partial charge is 0.308 e. The standard InChI is InChI=1S/C24H24N2O3/c1-14(27)29-19-4-2-18(3-5-19)20-21(24(20,12-25)13-26)22(28)23-9-15-6-16(10-23)8-17(7-15)11-23/h2-5,15-17,20-21H,6-11H2,1H3/t15?,16?,17?,20?,21-,23?/m0/s1. The molecule has 5 aliphatic rings. The van der Waals surface area contributed by atoms with Crippen LogP contribution in [0.15, 0.2) is 24.3 Å². The van der Waals surface area contributed by atoms with Crippen molar-refractivity contribution in [1.82, 2.24) is 0 Å². The second kappa shape index (κ2) is 6.17. The first-order chi connectivity index (χ1) is 13.9. The maximum absolute atomic E-state index is 13.8. The molecule has 0 amide bonds. The van der Waals surface area contributed by atoms with Crippen LogP contribution in [-0.2, 0) is 9.59 Å². The Morgan fingerprint density at radius 2 is 1.48 bits per heavy atom. The Morgan fingerprint density at radius 1 is 0.966 bits per heavy atom. The third-order valence-electron chi connectivity index (χ3n) is 7.92. The van der Waals surface area contributed by atoms with Crippen LogP contribution < -0.4 is 4.74 Å². The summed E-state index contributed by atoms with van der Waals surface area (Å²) in [4.78, 5) is 25.0. The second-order valence-electron chi connectivity index (χ2n) is 9.77. The van der Waals surface area contributed by atoms with Crippen molar-refractivity contribution < 1.29 is 14.3 Å². The van der Waals surface area contributed by atoms with Gasteiger partial charge in [-0.3, -0.25) is 9.59 Å². The van der Waals surface area contributed by atoms with E-state index in [-0.39, 0.29) is 11.2 Å². The highest BCUT2D eigenvalue weighted by atomic mass is 16.5. The van der Waals surface area contributed by atoms with E-state index in [1.54, 1.807) is 24.3 Å². The number of hydrogen-bond acceptors (Lipinski definition) is 5. The van der Waals surface area contributed by atoms with Crippen LogP contribution in [0.3, 0.4) is 0 Å². The topological polar surface area (TPSA) is 90.9 Å². The summed E-state index contributed by atoms with van der Waals surface area (Å²) in [5.74, 6) is 1.16. The lowest BCUT2D eigenvalue weighted by Gasteiger charge is -2.56. The number of esters is 1. The van der Waals surface area contributed by atoms with Gasteiger partial charge in [-0.15, -0.1) is 0 Å². The number of ketones is 1. The molecular weight excluding hydrogens is 364 g/mol. The number of Topliss-reactive ketones (excluding diaryl/α,β-unsaturated/α-hetero) is 1. The molecule has 148 valence electrons. The molecule has 0 aliphatic heterocycles. The quantitative estimate of drug-likeness (QED) is 0.571. The van der Waals surface area contributed by atoms with E-state index in [1.807, 2.05) is 0 Å². The van der Waals surface area contributed by atoms with Crippen LogP contribution in [0.4, 0.5) is 0 Å². The molecule has 29 heavy (non-hydrogen) atoms. The minimum atomic E-state index is -1.27. The highest BCUT2D eigenvalue weighted by Gasteiger charge is 2.73. The molecule has 0 spiro atoms. The van der Waals surface area contributed by atoms with Gasteiger partial charge in [-0.1, -0.05) is 12.1 Å². The van der Waals surface area contributed by atoms with Gasteiger partial charge in [0.2, 0.25) is 0 Å². The predicted octanol–water partition coefficient (Wildman–Crippen LogP) is 4.14. The summed E-state index contributed by atoms with van der Waals surface area (Å²) in [6.45, 7) is 1.34. The fourth-order valence-corrected chi connectivity index (χ4v) is 7.16. The lowest BCUT2D eigenvalue weighted by molar-refractivity contribution is -0.145. The molecule has 2 atom stereocenters. The lowest BCUT2D eigenvalue weighted by Crippen LogP contribution is -2.50. The molecule has 1 aromatic carbocycles. The number of ether oxygens (including phenoxy) is 1. The van der Waals surface area contributed by atoms with Gasteiger partial charge in [-0.25, -0.2) is 0 Å². The molecule has 6 rings (SSSR count).